The molecule has 1 saturated heterocycles. The summed E-state index contributed by atoms with van der Waals surface area (Å²) in [5, 5.41) is 0. The van der Waals surface area contributed by atoms with Gasteiger partial charge in [-0.1, -0.05) is 30.3 Å². The molecule has 2 heterocycles. The van der Waals surface area contributed by atoms with Crippen molar-refractivity contribution in [2.45, 2.75) is 26.7 Å². The monoisotopic (exact) mass is 444 g/mol. The number of amides is 1. The summed E-state index contributed by atoms with van der Waals surface area (Å²) < 4.78 is 28.2. The Morgan fingerprint density at radius 2 is 1.84 bits per heavy atom. The molecule has 1 aliphatic heterocycles. The quantitative estimate of drug-likeness (QED) is 0.627. The Kier molecular flexibility index (Phi) is 7.13. The lowest BCUT2D eigenvalue weighted by atomic mass is 9.79. The Balaban J connectivity index is 1.96. The number of rotatable bonds is 8. The third-order valence-electron chi connectivity index (χ3n) is 6.08. The summed E-state index contributed by atoms with van der Waals surface area (Å²) in [6.45, 7) is 5.67. The maximum Gasteiger partial charge on any atom is 0.281 e. The van der Waals surface area contributed by atoms with Crippen molar-refractivity contribution in [2.24, 2.45) is 5.41 Å². The summed E-state index contributed by atoms with van der Waals surface area (Å²) in [5.41, 5.74) is 2.29. The van der Waals surface area contributed by atoms with Gasteiger partial charge in [-0.15, -0.1) is 0 Å². The van der Waals surface area contributed by atoms with E-state index in [0.29, 0.717) is 32.5 Å². The molecule has 7 nitrogen and oxygen atoms in total. The summed E-state index contributed by atoms with van der Waals surface area (Å²) in [6, 6.07) is 12.0. The predicted molar refractivity (Wildman–Crippen MR) is 123 cm³/mol. The molecule has 0 spiro atoms. The van der Waals surface area contributed by atoms with Crippen LogP contribution in [0.1, 0.15) is 25.8 Å². The number of aromatic nitrogens is 1. The van der Waals surface area contributed by atoms with Crippen LogP contribution in [0.5, 0.6) is 0 Å². The molecule has 1 aromatic heterocycles. The second kappa shape index (κ2) is 9.46. The Labute approximate surface area is 185 Å². The average Bonchev–Trinajstić information content (AvgIpc) is 3.21. The number of carbonyl (C=O) groups excluding carboxylic acids is 1. The minimum atomic E-state index is -3.58. The first kappa shape index (κ1) is 23.4. The molecule has 0 radical (unpaired) electrons. The molecular formula is C23H32N4O3S. The molecule has 31 heavy (non-hydrogen) atoms. The van der Waals surface area contributed by atoms with Gasteiger partial charge in [-0.05, 0) is 49.4 Å². The van der Waals surface area contributed by atoms with Crippen LogP contribution < -0.4 is 0 Å². The van der Waals surface area contributed by atoms with Gasteiger partial charge in [0.05, 0.1) is 5.41 Å². The van der Waals surface area contributed by atoms with E-state index in [4.69, 9.17) is 0 Å². The molecule has 0 saturated carbocycles. The summed E-state index contributed by atoms with van der Waals surface area (Å²) >= 11 is 0. The van der Waals surface area contributed by atoms with Gasteiger partial charge >= 0.3 is 0 Å². The molecule has 0 bridgehead atoms. The van der Waals surface area contributed by atoms with Crippen molar-refractivity contribution in [1.29, 1.82) is 0 Å². The summed E-state index contributed by atoms with van der Waals surface area (Å²) in [4.78, 5) is 19.6. The van der Waals surface area contributed by atoms with Crippen molar-refractivity contribution in [3.05, 3.63) is 54.4 Å². The molecule has 0 N–H and O–H groups in total. The third kappa shape index (κ3) is 4.81. The number of pyridine rings is 1. The Morgan fingerprint density at radius 1 is 1.13 bits per heavy atom. The normalized spacial score (nSPS) is 19.6. The molecule has 2 aromatic rings. The second-order valence-corrected chi connectivity index (χ2v) is 10.4. The van der Waals surface area contributed by atoms with E-state index in [2.05, 4.69) is 11.1 Å². The Hall–Kier alpha value is -2.29. The minimum absolute atomic E-state index is 0.0285. The molecule has 3 rings (SSSR count). The van der Waals surface area contributed by atoms with E-state index in [9.17, 15) is 13.2 Å². The zero-order chi connectivity index (χ0) is 22.6. The van der Waals surface area contributed by atoms with Gasteiger partial charge in [0.1, 0.15) is 0 Å². The predicted octanol–water partition coefficient (Wildman–Crippen LogP) is 2.66. The van der Waals surface area contributed by atoms with Crippen LogP contribution in [0.2, 0.25) is 0 Å². The van der Waals surface area contributed by atoms with E-state index < -0.39 is 15.6 Å². The lowest BCUT2D eigenvalue weighted by Gasteiger charge is -2.34. The summed E-state index contributed by atoms with van der Waals surface area (Å²) in [5.74, 6) is 0.0285. The van der Waals surface area contributed by atoms with Crippen LogP contribution in [0.3, 0.4) is 0 Å². The molecule has 1 aliphatic rings. The van der Waals surface area contributed by atoms with E-state index in [1.807, 2.05) is 55.3 Å². The number of hydrogen-bond acceptors (Lipinski definition) is 4. The smallest absolute Gasteiger partial charge is 0.281 e. The van der Waals surface area contributed by atoms with Crippen molar-refractivity contribution in [3.63, 3.8) is 0 Å². The molecular weight excluding hydrogens is 412 g/mol. The van der Waals surface area contributed by atoms with Crippen molar-refractivity contribution in [3.8, 4) is 11.1 Å². The first-order valence-electron chi connectivity index (χ1n) is 10.7. The Morgan fingerprint density at radius 3 is 2.45 bits per heavy atom. The fraction of sp³-hybridized carbons (Fsp3) is 0.478. The van der Waals surface area contributed by atoms with E-state index >= 15 is 0 Å². The van der Waals surface area contributed by atoms with Gasteiger partial charge in [-0.2, -0.15) is 17.0 Å². The lowest BCUT2D eigenvalue weighted by molar-refractivity contribution is -0.141. The van der Waals surface area contributed by atoms with Crippen molar-refractivity contribution in [1.82, 2.24) is 18.5 Å². The fourth-order valence-electron chi connectivity index (χ4n) is 4.29. The molecule has 0 unspecified atom stereocenters. The van der Waals surface area contributed by atoms with E-state index in [-0.39, 0.29) is 12.5 Å². The molecule has 8 heteroatoms. The van der Waals surface area contributed by atoms with Gasteiger partial charge in [-0.3, -0.25) is 9.78 Å². The van der Waals surface area contributed by atoms with Crippen molar-refractivity contribution in [2.75, 3.05) is 40.3 Å². The maximum atomic E-state index is 13.6. The molecule has 1 fully saturated rings. The minimum Gasteiger partial charge on any atom is -0.343 e. The zero-order valence-electron chi connectivity index (χ0n) is 18.8. The Bertz CT molecular complexity index is 1010. The molecule has 168 valence electrons. The molecule has 1 amide bonds. The van der Waals surface area contributed by atoms with E-state index in [0.717, 1.165) is 16.7 Å². The number of nitrogens with zero attached hydrogens (tertiary/aromatic N) is 4. The highest BCUT2D eigenvalue weighted by Gasteiger charge is 2.49. The zero-order valence-corrected chi connectivity index (χ0v) is 19.6. The van der Waals surface area contributed by atoms with Gasteiger partial charge in [0, 0.05) is 52.7 Å². The van der Waals surface area contributed by atoms with Crippen molar-refractivity contribution < 1.29 is 13.2 Å². The van der Waals surface area contributed by atoms with Crippen LogP contribution in [0.4, 0.5) is 0 Å². The highest BCUT2D eigenvalue weighted by atomic mass is 32.2. The average molecular weight is 445 g/mol. The topological polar surface area (TPSA) is 73.8 Å². The second-order valence-electron chi connectivity index (χ2n) is 8.25. The van der Waals surface area contributed by atoms with E-state index in [1.165, 1.54) is 22.7 Å². The van der Waals surface area contributed by atoms with Crippen LogP contribution in [0.15, 0.2) is 48.8 Å². The number of benzene rings is 1. The standard InChI is InChI=1S/C23H32N4O3S/c1-5-26(6-2)22(28)23(12-14-27(18-23)31(29,30)25(3)4)16-19-9-7-10-20(15-19)21-11-8-13-24-17-21/h7-11,13,15,17H,5-6,12,14,16,18H2,1-4H3/t23-/m0/s1. The number of carbonyl (C=O) groups is 1. The summed E-state index contributed by atoms with van der Waals surface area (Å²) in [7, 11) is -0.523. The van der Waals surface area contributed by atoms with Crippen LogP contribution in [-0.2, 0) is 21.4 Å². The molecule has 1 aromatic carbocycles. The van der Waals surface area contributed by atoms with Gasteiger partial charge in [0.2, 0.25) is 5.91 Å². The largest absolute Gasteiger partial charge is 0.343 e. The highest BCUT2D eigenvalue weighted by molar-refractivity contribution is 7.86. The maximum absolute atomic E-state index is 13.6. The van der Waals surface area contributed by atoms with Crippen LogP contribution in [-0.4, -0.2) is 73.1 Å². The van der Waals surface area contributed by atoms with Gasteiger partial charge in [0.25, 0.3) is 10.2 Å². The summed E-state index contributed by atoms with van der Waals surface area (Å²) in [6.07, 6.45) is 4.56. The third-order valence-corrected chi connectivity index (χ3v) is 7.96. The van der Waals surface area contributed by atoms with Crippen molar-refractivity contribution >= 4 is 16.1 Å². The van der Waals surface area contributed by atoms with Crippen LogP contribution in [0, 0.1) is 5.41 Å². The lowest BCUT2D eigenvalue weighted by Crippen LogP contribution is -2.48. The van der Waals surface area contributed by atoms with Gasteiger partial charge in [0.15, 0.2) is 0 Å². The van der Waals surface area contributed by atoms with Crippen LogP contribution >= 0.6 is 0 Å². The number of hydrogen-bond donors (Lipinski definition) is 0. The first-order chi connectivity index (χ1) is 14.7. The SMILES string of the molecule is CCN(CC)C(=O)[C@]1(Cc2cccc(-c3cccnc3)c2)CCN(S(=O)(=O)N(C)C)C1. The van der Waals surface area contributed by atoms with Gasteiger partial charge < -0.3 is 4.90 Å². The first-order valence-corrected chi connectivity index (χ1v) is 12.1. The van der Waals surface area contributed by atoms with Crippen LogP contribution in [0.25, 0.3) is 11.1 Å². The van der Waals surface area contributed by atoms with Gasteiger partial charge in [-0.25, -0.2) is 0 Å². The van der Waals surface area contributed by atoms with E-state index in [1.54, 1.807) is 6.20 Å². The molecule has 0 aliphatic carbocycles. The highest BCUT2D eigenvalue weighted by Crippen LogP contribution is 2.38. The molecule has 1 atom stereocenters. The fourth-order valence-corrected chi connectivity index (χ4v) is 5.48.